The van der Waals surface area contributed by atoms with Crippen molar-refractivity contribution in [1.82, 2.24) is 34.6 Å². The zero-order valence-corrected chi connectivity index (χ0v) is 28.5. The van der Waals surface area contributed by atoms with Crippen molar-refractivity contribution in [1.29, 1.82) is 0 Å². The number of piperazine rings is 1. The van der Waals surface area contributed by atoms with Gasteiger partial charge in [0.2, 0.25) is 5.95 Å². The zero-order chi connectivity index (χ0) is 32.7. The monoisotopic (exact) mass is 652 g/mol. The van der Waals surface area contributed by atoms with Gasteiger partial charge in [0.1, 0.15) is 24.2 Å². The van der Waals surface area contributed by atoms with Crippen molar-refractivity contribution >= 4 is 52.3 Å². The minimum absolute atomic E-state index is 0.399. The second-order valence-electron chi connectivity index (χ2n) is 12.8. The summed E-state index contributed by atoms with van der Waals surface area (Å²) in [6.45, 7) is 9.62. The molecule has 0 aliphatic carbocycles. The Bertz CT molecular complexity index is 1990. The fraction of sp³-hybridized carbons (Fsp3) is 0.382. The van der Waals surface area contributed by atoms with Crippen LogP contribution in [0.1, 0.15) is 24.8 Å². The van der Waals surface area contributed by atoms with Gasteiger partial charge in [-0.3, -0.25) is 19.5 Å². The predicted octanol–water partition coefficient (Wildman–Crippen LogP) is 5.55. The maximum atomic E-state index is 13.5. The predicted molar refractivity (Wildman–Crippen MR) is 189 cm³/mol. The molecule has 0 unspecified atom stereocenters. The van der Waals surface area contributed by atoms with E-state index in [4.69, 9.17) is 9.72 Å². The maximum absolute atomic E-state index is 13.5. The van der Waals surface area contributed by atoms with Crippen LogP contribution >= 0.6 is 7.14 Å². The molecule has 2 fully saturated rings. The largest absolute Gasteiger partial charge is 0.494 e. The van der Waals surface area contributed by atoms with Crippen LogP contribution in [-0.4, -0.2) is 87.3 Å². The van der Waals surface area contributed by atoms with E-state index in [1.54, 1.807) is 39.0 Å². The highest BCUT2D eigenvalue weighted by molar-refractivity contribution is 7.71. The molecule has 0 amide bonds. The molecule has 244 valence electrons. The molecule has 2 N–H and O–H groups in total. The fourth-order valence-electron chi connectivity index (χ4n) is 6.81. The Morgan fingerprint density at radius 3 is 2.62 bits per heavy atom. The van der Waals surface area contributed by atoms with Gasteiger partial charge in [-0.15, -0.1) is 0 Å². The van der Waals surface area contributed by atoms with Gasteiger partial charge >= 0.3 is 0 Å². The van der Waals surface area contributed by atoms with Crippen LogP contribution in [0.5, 0.6) is 5.75 Å². The van der Waals surface area contributed by atoms with Crippen LogP contribution in [0, 0.1) is 6.92 Å². The van der Waals surface area contributed by atoms with Crippen LogP contribution in [0.3, 0.4) is 0 Å². The summed E-state index contributed by atoms with van der Waals surface area (Å²) in [6, 6.07) is 8.56. The zero-order valence-electron chi connectivity index (χ0n) is 27.6. The lowest BCUT2D eigenvalue weighted by Crippen LogP contribution is -2.55. The summed E-state index contributed by atoms with van der Waals surface area (Å²) in [4.78, 5) is 23.5. The molecule has 5 aromatic rings. The third-order valence-electron chi connectivity index (χ3n) is 9.14. The van der Waals surface area contributed by atoms with E-state index in [0.29, 0.717) is 45.6 Å². The summed E-state index contributed by atoms with van der Waals surface area (Å²) in [5.74, 6) is 1.69. The van der Waals surface area contributed by atoms with Crippen molar-refractivity contribution in [3.63, 3.8) is 0 Å². The average molecular weight is 653 g/mol. The number of nitrogens with zero attached hydrogens (tertiary/aromatic N) is 8. The average Bonchev–Trinajstić information content (AvgIpc) is 3.51. The van der Waals surface area contributed by atoms with E-state index in [9.17, 15) is 4.57 Å². The number of rotatable bonds is 8. The Kier molecular flexibility index (Phi) is 8.32. The van der Waals surface area contributed by atoms with Gasteiger partial charge < -0.3 is 24.8 Å². The number of fused-ring (bicyclic) bond motifs is 2. The number of anilines is 5. The third-order valence-corrected chi connectivity index (χ3v) is 10.7. The summed E-state index contributed by atoms with van der Waals surface area (Å²) >= 11 is 0. The number of hydrogen-bond acceptors (Lipinski definition) is 11. The Morgan fingerprint density at radius 2 is 1.83 bits per heavy atom. The smallest absolute Gasteiger partial charge is 0.229 e. The van der Waals surface area contributed by atoms with E-state index in [2.05, 4.69) is 52.6 Å². The topological polar surface area (TPSA) is 126 Å². The van der Waals surface area contributed by atoms with Crippen molar-refractivity contribution in [3.8, 4) is 16.9 Å². The first kappa shape index (κ1) is 31.1. The molecule has 12 nitrogen and oxygen atoms in total. The Balaban J connectivity index is 1.24. The quantitative estimate of drug-likeness (QED) is 0.205. The van der Waals surface area contributed by atoms with Crippen molar-refractivity contribution in [3.05, 3.63) is 60.8 Å². The van der Waals surface area contributed by atoms with Crippen molar-refractivity contribution in [2.45, 2.75) is 32.2 Å². The molecule has 2 aromatic carbocycles. The number of aryl methyl sites for hydroxylation is 2. The molecule has 47 heavy (non-hydrogen) atoms. The summed E-state index contributed by atoms with van der Waals surface area (Å²) in [5.41, 5.74) is 6.80. The molecule has 2 saturated heterocycles. The van der Waals surface area contributed by atoms with E-state index in [0.717, 1.165) is 47.7 Å². The van der Waals surface area contributed by atoms with E-state index in [1.165, 1.54) is 25.8 Å². The Morgan fingerprint density at radius 1 is 0.979 bits per heavy atom. The molecule has 0 bridgehead atoms. The summed E-state index contributed by atoms with van der Waals surface area (Å²) in [5, 5.41) is 12.0. The minimum atomic E-state index is -2.74. The van der Waals surface area contributed by atoms with Gasteiger partial charge in [0.05, 0.1) is 35.5 Å². The number of aromatic nitrogens is 6. The van der Waals surface area contributed by atoms with Gasteiger partial charge in [-0.1, -0.05) is 6.42 Å². The molecule has 0 spiro atoms. The van der Waals surface area contributed by atoms with E-state index >= 15 is 0 Å². The molecule has 2 aliphatic heterocycles. The Hall–Kier alpha value is -4.54. The molecule has 1 atom stereocenters. The van der Waals surface area contributed by atoms with Gasteiger partial charge in [-0.05, 0) is 57.8 Å². The molecular formula is C34H41N10O2P. The van der Waals surface area contributed by atoms with Crippen molar-refractivity contribution in [2.75, 3.05) is 62.2 Å². The molecule has 0 radical (unpaired) electrons. The highest BCUT2D eigenvalue weighted by Gasteiger charge is 2.31. The summed E-state index contributed by atoms with van der Waals surface area (Å²) in [6.07, 6.45) is 12.8. The van der Waals surface area contributed by atoms with Gasteiger partial charge in [-0.25, -0.2) is 4.98 Å². The first-order valence-electron chi connectivity index (χ1n) is 16.0. The first-order chi connectivity index (χ1) is 22.7. The van der Waals surface area contributed by atoms with Crippen LogP contribution in [0.15, 0.2) is 55.2 Å². The lowest BCUT2D eigenvalue weighted by molar-refractivity contribution is 0.133. The maximum Gasteiger partial charge on any atom is 0.229 e. The van der Waals surface area contributed by atoms with Crippen LogP contribution in [0.2, 0.25) is 0 Å². The number of hydrogen-bond donors (Lipinski definition) is 2. The Labute approximate surface area is 275 Å². The van der Waals surface area contributed by atoms with Gasteiger partial charge in [-0.2, -0.15) is 10.1 Å². The molecule has 0 saturated carbocycles. The molecule has 5 heterocycles. The van der Waals surface area contributed by atoms with Crippen molar-refractivity contribution in [2.24, 2.45) is 7.05 Å². The van der Waals surface area contributed by atoms with E-state index < -0.39 is 7.14 Å². The van der Waals surface area contributed by atoms with Gasteiger partial charge in [0, 0.05) is 86.0 Å². The normalized spacial score (nSPS) is 17.0. The van der Waals surface area contributed by atoms with Crippen LogP contribution in [-0.2, 0) is 11.6 Å². The second kappa shape index (κ2) is 12.6. The van der Waals surface area contributed by atoms with Crippen LogP contribution in [0.25, 0.3) is 22.2 Å². The lowest BCUT2D eigenvalue weighted by Gasteiger charge is -2.45. The van der Waals surface area contributed by atoms with Crippen LogP contribution < -0.4 is 25.6 Å². The summed E-state index contributed by atoms with van der Waals surface area (Å²) < 4.78 is 21.3. The molecule has 7 rings (SSSR count). The molecular weight excluding hydrogens is 611 g/mol. The molecule has 3 aromatic heterocycles. The minimum Gasteiger partial charge on any atom is -0.494 e. The lowest BCUT2D eigenvalue weighted by atomic mass is 9.97. The van der Waals surface area contributed by atoms with E-state index in [1.807, 2.05) is 43.2 Å². The highest BCUT2D eigenvalue weighted by atomic mass is 31.2. The fourth-order valence-corrected chi connectivity index (χ4v) is 8.20. The number of ether oxygens (including phenoxy) is 1. The number of nitrogens with one attached hydrogen (secondary N) is 2. The standard InChI is InChI=1S/C34H41N10O2P/c1-22-18-37-34(41-33(22)39-27-10-9-26-31(36-12-11-35-26)32(27)47(4,5)45)40-28-16-25(23-19-38-42(2)20-23)29(17-30(28)46-3)44-15-14-43-13-7-6-8-24(43)21-44/h9-12,16-20,24H,6-8,13-15,21H2,1-5H3,(H2,37,39,40,41)/t24-/m1/s1. The van der Waals surface area contributed by atoms with E-state index in [-0.39, 0.29) is 0 Å². The number of methoxy groups -OCH3 is 1. The number of benzene rings is 2. The molecule has 13 heteroatoms. The summed E-state index contributed by atoms with van der Waals surface area (Å²) in [7, 11) is 0.881. The second-order valence-corrected chi connectivity index (χ2v) is 16.0. The third kappa shape index (κ3) is 6.27. The highest BCUT2D eigenvalue weighted by Crippen LogP contribution is 2.43. The SMILES string of the molecule is COc1cc(N2CCN3CCCC[C@@H]3C2)c(-c2cnn(C)c2)cc1Nc1ncc(C)c(Nc2ccc3nccnc3c2P(C)(C)=O)n1. The molecule has 2 aliphatic rings. The van der Waals surface area contributed by atoms with Gasteiger partial charge in [0.25, 0.3) is 0 Å². The first-order valence-corrected chi connectivity index (χ1v) is 18.6. The number of piperidine rings is 1. The van der Waals surface area contributed by atoms with Crippen molar-refractivity contribution < 1.29 is 9.30 Å². The van der Waals surface area contributed by atoms with Crippen LogP contribution in [0.4, 0.5) is 28.8 Å². The van der Waals surface area contributed by atoms with Gasteiger partial charge in [0.15, 0.2) is 0 Å².